The monoisotopic (exact) mass is 484 g/mol. The molecule has 2 aliphatic rings. The minimum absolute atomic E-state index is 0.0709. The van der Waals surface area contributed by atoms with Crippen LogP contribution in [0.3, 0.4) is 0 Å². The predicted molar refractivity (Wildman–Crippen MR) is 127 cm³/mol. The van der Waals surface area contributed by atoms with Gasteiger partial charge in [0.2, 0.25) is 0 Å². The molecule has 2 saturated heterocycles. The van der Waals surface area contributed by atoms with Crippen LogP contribution in [0, 0.1) is 5.82 Å². The van der Waals surface area contributed by atoms with Crippen molar-refractivity contribution in [2.75, 3.05) is 46.0 Å². The van der Waals surface area contributed by atoms with Crippen molar-refractivity contribution in [1.29, 1.82) is 0 Å². The summed E-state index contributed by atoms with van der Waals surface area (Å²) in [4.78, 5) is 29.9. The molecule has 2 aromatic rings. The SMILES string of the molecule is CCOc1cc([C@H]2/C(=C(\O)c3ccc(F)cc3)C(=O)C(=O)N2CCCN2CCOCC2)ccc1O. The molecule has 1 amide bonds. The maximum absolute atomic E-state index is 13.4. The molecule has 35 heavy (non-hydrogen) atoms. The van der Waals surface area contributed by atoms with E-state index >= 15 is 0 Å². The topological polar surface area (TPSA) is 99.5 Å². The lowest BCUT2D eigenvalue weighted by molar-refractivity contribution is -0.140. The number of benzene rings is 2. The number of ketones is 1. The normalized spacial score (nSPS) is 20.4. The Morgan fingerprint density at radius 2 is 1.83 bits per heavy atom. The number of aliphatic hydroxyl groups excluding tert-OH is 1. The predicted octanol–water partition coefficient (Wildman–Crippen LogP) is 3.07. The summed E-state index contributed by atoms with van der Waals surface area (Å²) in [5.41, 5.74) is 0.660. The van der Waals surface area contributed by atoms with Crippen LogP contribution >= 0.6 is 0 Å². The van der Waals surface area contributed by atoms with Gasteiger partial charge in [-0.3, -0.25) is 14.5 Å². The highest BCUT2D eigenvalue weighted by Crippen LogP contribution is 2.41. The number of hydrogen-bond acceptors (Lipinski definition) is 7. The lowest BCUT2D eigenvalue weighted by atomic mass is 9.95. The summed E-state index contributed by atoms with van der Waals surface area (Å²) in [7, 11) is 0. The van der Waals surface area contributed by atoms with Gasteiger partial charge in [-0.1, -0.05) is 6.07 Å². The first-order valence-corrected chi connectivity index (χ1v) is 11.7. The molecule has 0 bridgehead atoms. The zero-order valence-electron chi connectivity index (χ0n) is 19.6. The number of aliphatic hydroxyl groups is 1. The number of rotatable bonds is 8. The molecule has 0 aliphatic carbocycles. The molecule has 1 atom stereocenters. The van der Waals surface area contributed by atoms with Gasteiger partial charge >= 0.3 is 0 Å². The number of ether oxygens (including phenoxy) is 2. The van der Waals surface area contributed by atoms with Gasteiger partial charge in [0.15, 0.2) is 11.5 Å². The molecule has 0 unspecified atom stereocenters. The third-order valence-corrected chi connectivity index (χ3v) is 6.23. The average molecular weight is 485 g/mol. The Morgan fingerprint density at radius 3 is 2.51 bits per heavy atom. The molecule has 9 heteroatoms. The summed E-state index contributed by atoms with van der Waals surface area (Å²) in [6.45, 7) is 6.05. The van der Waals surface area contributed by atoms with E-state index in [-0.39, 0.29) is 34.9 Å². The second kappa shape index (κ2) is 10.9. The number of halogens is 1. The Morgan fingerprint density at radius 1 is 1.11 bits per heavy atom. The number of carbonyl (C=O) groups is 2. The van der Waals surface area contributed by atoms with Gasteiger partial charge < -0.3 is 24.6 Å². The van der Waals surface area contributed by atoms with Crippen LogP contribution in [0.2, 0.25) is 0 Å². The smallest absolute Gasteiger partial charge is 0.295 e. The fourth-order valence-corrected chi connectivity index (χ4v) is 4.48. The molecule has 2 fully saturated rings. The Kier molecular flexibility index (Phi) is 7.67. The van der Waals surface area contributed by atoms with Crippen molar-refractivity contribution in [2.24, 2.45) is 0 Å². The fraction of sp³-hybridized carbons (Fsp3) is 0.385. The quantitative estimate of drug-likeness (QED) is 0.338. The second-order valence-electron chi connectivity index (χ2n) is 8.47. The van der Waals surface area contributed by atoms with Crippen LogP contribution in [-0.4, -0.2) is 77.7 Å². The van der Waals surface area contributed by atoms with E-state index in [1.165, 1.54) is 35.2 Å². The van der Waals surface area contributed by atoms with Gasteiger partial charge in [-0.15, -0.1) is 0 Å². The first kappa shape index (κ1) is 24.7. The number of amides is 1. The van der Waals surface area contributed by atoms with E-state index in [4.69, 9.17) is 9.47 Å². The van der Waals surface area contributed by atoms with Crippen molar-refractivity contribution in [1.82, 2.24) is 9.80 Å². The number of carbonyl (C=O) groups excluding carboxylic acids is 2. The van der Waals surface area contributed by atoms with E-state index in [1.807, 2.05) is 0 Å². The fourth-order valence-electron chi connectivity index (χ4n) is 4.48. The molecule has 2 aliphatic heterocycles. The van der Waals surface area contributed by atoms with Gasteiger partial charge in [-0.05, 0) is 55.3 Å². The highest BCUT2D eigenvalue weighted by Gasteiger charge is 2.46. The third kappa shape index (κ3) is 5.31. The lowest BCUT2D eigenvalue weighted by Gasteiger charge is -2.29. The van der Waals surface area contributed by atoms with Gasteiger partial charge in [-0.2, -0.15) is 0 Å². The van der Waals surface area contributed by atoms with Gasteiger partial charge in [0.1, 0.15) is 11.6 Å². The van der Waals surface area contributed by atoms with Crippen molar-refractivity contribution in [3.8, 4) is 11.5 Å². The van der Waals surface area contributed by atoms with Crippen LogP contribution in [0.15, 0.2) is 48.0 Å². The molecule has 0 spiro atoms. The van der Waals surface area contributed by atoms with Crippen molar-refractivity contribution in [2.45, 2.75) is 19.4 Å². The van der Waals surface area contributed by atoms with E-state index in [0.29, 0.717) is 31.8 Å². The number of likely N-dealkylation sites (tertiary alicyclic amines) is 1. The van der Waals surface area contributed by atoms with Crippen molar-refractivity contribution >= 4 is 17.4 Å². The molecular formula is C26H29FN2O6. The van der Waals surface area contributed by atoms with Crippen LogP contribution in [0.5, 0.6) is 11.5 Å². The molecule has 0 saturated carbocycles. The number of Topliss-reactive ketones (excluding diaryl/α,β-unsaturated/α-hetero) is 1. The van der Waals surface area contributed by atoms with Crippen LogP contribution in [-0.2, 0) is 14.3 Å². The molecule has 2 heterocycles. The lowest BCUT2D eigenvalue weighted by Crippen LogP contribution is -2.38. The minimum Gasteiger partial charge on any atom is -0.507 e. The van der Waals surface area contributed by atoms with E-state index in [0.717, 1.165) is 19.6 Å². The average Bonchev–Trinajstić information content (AvgIpc) is 3.11. The van der Waals surface area contributed by atoms with E-state index < -0.39 is 23.5 Å². The molecule has 2 N–H and O–H groups in total. The van der Waals surface area contributed by atoms with Gasteiger partial charge in [-0.25, -0.2) is 4.39 Å². The highest BCUT2D eigenvalue weighted by molar-refractivity contribution is 6.46. The Balaban J connectivity index is 1.71. The molecular weight excluding hydrogens is 455 g/mol. The zero-order chi connectivity index (χ0) is 24.9. The summed E-state index contributed by atoms with van der Waals surface area (Å²) in [5, 5.41) is 21.2. The standard InChI is InChI=1S/C26H29FN2O6/c1-2-35-21-16-18(6-9-20(21)30)23-22(24(31)17-4-7-19(27)8-5-17)25(32)26(33)29(23)11-3-10-28-12-14-34-15-13-28/h4-9,16,23,30-31H,2-3,10-15H2,1H3/b24-22+/t23-/m0/s1. The van der Waals surface area contributed by atoms with Crippen LogP contribution in [0.4, 0.5) is 4.39 Å². The first-order valence-electron chi connectivity index (χ1n) is 11.7. The number of nitrogens with zero attached hydrogens (tertiary/aromatic N) is 2. The van der Waals surface area contributed by atoms with Gasteiger partial charge in [0.05, 0.1) is 31.4 Å². The molecule has 8 nitrogen and oxygen atoms in total. The Bertz CT molecular complexity index is 1110. The first-order chi connectivity index (χ1) is 16.9. The van der Waals surface area contributed by atoms with E-state index in [9.17, 15) is 24.2 Å². The molecule has 2 aromatic carbocycles. The number of aromatic hydroxyl groups is 1. The summed E-state index contributed by atoms with van der Waals surface area (Å²) < 4.78 is 24.3. The minimum atomic E-state index is -0.885. The van der Waals surface area contributed by atoms with Crippen LogP contribution in [0.1, 0.15) is 30.5 Å². The molecule has 186 valence electrons. The Labute approximate surface area is 203 Å². The molecule has 0 aromatic heterocycles. The van der Waals surface area contributed by atoms with Gasteiger partial charge in [0.25, 0.3) is 11.7 Å². The van der Waals surface area contributed by atoms with Gasteiger partial charge in [0, 0.05) is 31.7 Å². The van der Waals surface area contributed by atoms with E-state index in [1.54, 1.807) is 19.1 Å². The maximum atomic E-state index is 13.4. The number of phenolic OH excluding ortho intramolecular Hbond substituents is 1. The Hall–Kier alpha value is -3.43. The summed E-state index contributed by atoms with van der Waals surface area (Å²) >= 11 is 0. The van der Waals surface area contributed by atoms with E-state index in [2.05, 4.69) is 4.90 Å². The maximum Gasteiger partial charge on any atom is 0.295 e. The number of hydrogen-bond donors (Lipinski definition) is 2. The molecule has 4 rings (SSSR count). The highest BCUT2D eigenvalue weighted by atomic mass is 19.1. The van der Waals surface area contributed by atoms with Crippen molar-refractivity contribution in [3.63, 3.8) is 0 Å². The van der Waals surface area contributed by atoms with Crippen molar-refractivity contribution in [3.05, 3.63) is 65.0 Å². The summed E-state index contributed by atoms with van der Waals surface area (Å²) in [6, 6.07) is 8.79. The number of morpholine rings is 1. The van der Waals surface area contributed by atoms with Crippen molar-refractivity contribution < 1.29 is 33.7 Å². The van der Waals surface area contributed by atoms with Crippen LogP contribution < -0.4 is 4.74 Å². The second-order valence-corrected chi connectivity index (χ2v) is 8.47. The zero-order valence-corrected chi connectivity index (χ0v) is 19.6. The largest absolute Gasteiger partial charge is 0.507 e. The number of phenols is 1. The summed E-state index contributed by atoms with van der Waals surface area (Å²) in [6.07, 6.45) is 0.622. The molecule has 0 radical (unpaired) electrons. The summed E-state index contributed by atoms with van der Waals surface area (Å²) in [5.74, 6) is -2.25. The third-order valence-electron chi connectivity index (χ3n) is 6.23. The van der Waals surface area contributed by atoms with Crippen LogP contribution in [0.25, 0.3) is 5.76 Å².